The van der Waals surface area contributed by atoms with Crippen molar-refractivity contribution in [1.29, 1.82) is 0 Å². The summed E-state index contributed by atoms with van der Waals surface area (Å²) >= 11 is 0. The maximum atomic E-state index is 13.2. The minimum absolute atomic E-state index is 0.193. The standard InChI is InChI=1S/C21H24N4O3S/c1-3-12-24-18-11-7-6-10-17(18)22-21(24)23-20(26)19-13-15-8-4-5-9-16(15)14-25(19)29(2,27)28/h4-11,19H,3,12-14H2,1-2H3,(H,22,23,26)/t19-/m1/s1. The third kappa shape index (κ3) is 3.77. The van der Waals surface area contributed by atoms with Gasteiger partial charge < -0.3 is 4.57 Å². The van der Waals surface area contributed by atoms with E-state index in [4.69, 9.17) is 0 Å². The van der Waals surface area contributed by atoms with Crippen LogP contribution >= 0.6 is 0 Å². The summed E-state index contributed by atoms with van der Waals surface area (Å²) in [7, 11) is -3.55. The van der Waals surface area contributed by atoms with Crippen molar-refractivity contribution in [2.45, 2.75) is 38.9 Å². The van der Waals surface area contributed by atoms with Gasteiger partial charge in [0.05, 0.1) is 17.3 Å². The fourth-order valence-electron chi connectivity index (χ4n) is 3.89. The number of hydrogen-bond donors (Lipinski definition) is 1. The van der Waals surface area contributed by atoms with E-state index < -0.39 is 16.1 Å². The Balaban J connectivity index is 1.68. The molecule has 0 saturated heterocycles. The molecule has 29 heavy (non-hydrogen) atoms. The van der Waals surface area contributed by atoms with Crippen LogP contribution in [0.3, 0.4) is 0 Å². The monoisotopic (exact) mass is 412 g/mol. The van der Waals surface area contributed by atoms with Crippen LogP contribution in [-0.2, 0) is 34.3 Å². The van der Waals surface area contributed by atoms with E-state index in [0.717, 1.165) is 34.8 Å². The van der Waals surface area contributed by atoms with E-state index in [-0.39, 0.29) is 12.5 Å². The Labute approximate surface area is 170 Å². The summed E-state index contributed by atoms with van der Waals surface area (Å²) in [6.07, 6.45) is 2.37. The molecule has 152 valence electrons. The summed E-state index contributed by atoms with van der Waals surface area (Å²) in [6.45, 7) is 2.96. The number of aryl methyl sites for hydroxylation is 1. The fourth-order valence-corrected chi connectivity index (χ4v) is 4.89. The maximum absolute atomic E-state index is 13.2. The number of carbonyl (C=O) groups excluding carboxylic acids is 1. The summed E-state index contributed by atoms with van der Waals surface area (Å²) in [5.74, 6) is 0.0861. The van der Waals surface area contributed by atoms with Crippen molar-refractivity contribution in [1.82, 2.24) is 13.9 Å². The molecule has 1 amide bonds. The second-order valence-electron chi connectivity index (χ2n) is 7.36. The molecule has 0 fully saturated rings. The Kier molecular flexibility index (Phi) is 5.14. The molecule has 1 aliphatic rings. The zero-order chi connectivity index (χ0) is 20.6. The van der Waals surface area contributed by atoms with E-state index in [1.54, 1.807) is 0 Å². The van der Waals surface area contributed by atoms with Gasteiger partial charge in [-0.15, -0.1) is 0 Å². The van der Waals surface area contributed by atoms with Gasteiger partial charge in [-0.1, -0.05) is 43.3 Å². The molecule has 0 saturated carbocycles. The third-order valence-electron chi connectivity index (χ3n) is 5.27. The molecule has 1 N–H and O–H groups in total. The van der Waals surface area contributed by atoms with Gasteiger partial charge in [0.2, 0.25) is 21.9 Å². The molecular weight excluding hydrogens is 388 g/mol. The van der Waals surface area contributed by atoms with Gasteiger partial charge in [0.25, 0.3) is 0 Å². The average molecular weight is 413 g/mol. The number of hydrogen-bond acceptors (Lipinski definition) is 4. The number of amides is 1. The van der Waals surface area contributed by atoms with Gasteiger partial charge in [-0.3, -0.25) is 10.1 Å². The number of nitrogens with one attached hydrogen (secondary N) is 1. The molecule has 0 bridgehead atoms. The molecule has 1 atom stereocenters. The van der Waals surface area contributed by atoms with Gasteiger partial charge in [-0.25, -0.2) is 13.4 Å². The number of anilines is 1. The summed E-state index contributed by atoms with van der Waals surface area (Å²) in [6, 6.07) is 14.5. The number of imidazole rings is 1. The predicted molar refractivity (Wildman–Crippen MR) is 113 cm³/mol. The number of sulfonamides is 1. The van der Waals surface area contributed by atoms with E-state index >= 15 is 0 Å². The van der Waals surface area contributed by atoms with Crippen LogP contribution in [0.2, 0.25) is 0 Å². The molecule has 2 heterocycles. The zero-order valence-electron chi connectivity index (χ0n) is 16.5. The second-order valence-corrected chi connectivity index (χ2v) is 9.30. The van der Waals surface area contributed by atoms with Gasteiger partial charge in [0, 0.05) is 13.1 Å². The van der Waals surface area contributed by atoms with Crippen LogP contribution in [0.5, 0.6) is 0 Å². The van der Waals surface area contributed by atoms with Crippen molar-refractivity contribution in [3.8, 4) is 0 Å². The first-order chi connectivity index (χ1) is 13.9. The number of benzene rings is 2. The highest BCUT2D eigenvalue weighted by molar-refractivity contribution is 7.88. The van der Waals surface area contributed by atoms with Crippen LogP contribution in [0.1, 0.15) is 24.5 Å². The van der Waals surface area contributed by atoms with Crippen LogP contribution in [0.15, 0.2) is 48.5 Å². The largest absolute Gasteiger partial charge is 0.310 e. The lowest BCUT2D eigenvalue weighted by Gasteiger charge is -2.34. The number of nitrogens with zero attached hydrogens (tertiary/aromatic N) is 3. The molecule has 2 aromatic carbocycles. The third-order valence-corrected chi connectivity index (χ3v) is 6.51. The quantitative estimate of drug-likeness (QED) is 0.698. The summed E-state index contributed by atoms with van der Waals surface area (Å²) in [5, 5.41) is 2.89. The Bertz CT molecular complexity index is 1170. The van der Waals surface area contributed by atoms with E-state index in [2.05, 4.69) is 17.2 Å². The first kappa shape index (κ1) is 19.6. The molecule has 7 nitrogen and oxygen atoms in total. The molecular formula is C21H24N4O3S. The normalized spacial score (nSPS) is 17.2. The van der Waals surface area contributed by atoms with Crippen LogP contribution in [-0.4, -0.2) is 40.5 Å². The molecule has 1 aliphatic heterocycles. The van der Waals surface area contributed by atoms with Crippen LogP contribution < -0.4 is 5.32 Å². The number of fused-ring (bicyclic) bond motifs is 2. The van der Waals surface area contributed by atoms with Crippen molar-refractivity contribution in [3.05, 3.63) is 59.7 Å². The maximum Gasteiger partial charge on any atom is 0.245 e. The Morgan fingerprint density at radius 1 is 1.14 bits per heavy atom. The molecule has 0 unspecified atom stereocenters. The second kappa shape index (κ2) is 7.61. The van der Waals surface area contributed by atoms with Gasteiger partial charge in [-0.2, -0.15) is 4.31 Å². The fraction of sp³-hybridized carbons (Fsp3) is 0.333. The van der Waals surface area contributed by atoms with Crippen molar-refractivity contribution in [2.24, 2.45) is 0 Å². The highest BCUT2D eigenvalue weighted by Gasteiger charge is 2.37. The lowest BCUT2D eigenvalue weighted by atomic mass is 9.95. The SMILES string of the molecule is CCCn1c(NC(=O)[C@H]2Cc3ccccc3CN2S(C)(=O)=O)nc2ccccc21. The highest BCUT2D eigenvalue weighted by atomic mass is 32.2. The van der Waals surface area contributed by atoms with Crippen LogP contribution in [0, 0.1) is 0 Å². The Morgan fingerprint density at radius 3 is 2.55 bits per heavy atom. The van der Waals surface area contributed by atoms with Crippen molar-refractivity contribution < 1.29 is 13.2 Å². The van der Waals surface area contributed by atoms with Crippen molar-refractivity contribution in [3.63, 3.8) is 0 Å². The van der Waals surface area contributed by atoms with Gasteiger partial charge >= 0.3 is 0 Å². The topological polar surface area (TPSA) is 84.3 Å². The molecule has 0 aliphatic carbocycles. The molecule has 1 aromatic heterocycles. The van der Waals surface area contributed by atoms with E-state index in [0.29, 0.717) is 18.9 Å². The number of carbonyl (C=O) groups is 1. The average Bonchev–Trinajstić information content (AvgIpc) is 3.04. The van der Waals surface area contributed by atoms with E-state index in [9.17, 15) is 13.2 Å². The van der Waals surface area contributed by atoms with Gasteiger partial charge in [0.15, 0.2) is 0 Å². The van der Waals surface area contributed by atoms with Crippen LogP contribution in [0.25, 0.3) is 11.0 Å². The lowest BCUT2D eigenvalue weighted by molar-refractivity contribution is -0.120. The molecule has 8 heteroatoms. The minimum atomic E-state index is -3.55. The molecule has 0 radical (unpaired) electrons. The Morgan fingerprint density at radius 2 is 1.83 bits per heavy atom. The van der Waals surface area contributed by atoms with Gasteiger partial charge in [-0.05, 0) is 36.1 Å². The highest BCUT2D eigenvalue weighted by Crippen LogP contribution is 2.27. The molecule has 3 aromatic rings. The van der Waals surface area contributed by atoms with E-state index in [1.165, 1.54) is 4.31 Å². The van der Waals surface area contributed by atoms with Crippen molar-refractivity contribution >= 4 is 32.9 Å². The first-order valence-corrected chi connectivity index (χ1v) is 11.5. The molecule has 0 spiro atoms. The Hall–Kier alpha value is -2.71. The number of rotatable bonds is 5. The van der Waals surface area contributed by atoms with Crippen molar-refractivity contribution in [2.75, 3.05) is 11.6 Å². The lowest BCUT2D eigenvalue weighted by Crippen LogP contribution is -2.50. The van der Waals surface area contributed by atoms with Gasteiger partial charge in [0.1, 0.15) is 6.04 Å². The summed E-state index contributed by atoms with van der Waals surface area (Å²) in [4.78, 5) is 17.8. The minimum Gasteiger partial charge on any atom is -0.310 e. The summed E-state index contributed by atoms with van der Waals surface area (Å²) in [5.41, 5.74) is 3.67. The first-order valence-electron chi connectivity index (χ1n) is 9.68. The smallest absolute Gasteiger partial charge is 0.245 e. The van der Waals surface area contributed by atoms with Crippen LogP contribution in [0.4, 0.5) is 5.95 Å². The number of aromatic nitrogens is 2. The predicted octanol–water partition coefficient (Wildman–Crippen LogP) is 2.77. The molecule has 4 rings (SSSR count). The number of para-hydroxylation sites is 2. The zero-order valence-corrected chi connectivity index (χ0v) is 17.3. The summed E-state index contributed by atoms with van der Waals surface area (Å²) < 4.78 is 28.0. The van der Waals surface area contributed by atoms with E-state index in [1.807, 2.05) is 53.1 Å².